The Morgan fingerprint density at radius 1 is 1.12 bits per heavy atom. The monoisotopic (exact) mass is 230 g/mol. The molecule has 2 heteroatoms. The summed E-state index contributed by atoms with van der Waals surface area (Å²) >= 11 is 0. The summed E-state index contributed by atoms with van der Waals surface area (Å²) in [4.78, 5) is 2.50. The fourth-order valence-electron chi connectivity index (χ4n) is 3.36. The smallest absolute Gasteiger partial charge is 0.0400 e. The molecule has 1 aromatic rings. The van der Waals surface area contributed by atoms with Crippen molar-refractivity contribution in [1.82, 2.24) is 0 Å². The van der Waals surface area contributed by atoms with Crippen LogP contribution >= 0.6 is 0 Å². The first-order valence-electron chi connectivity index (χ1n) is 6.89. The lowest BCUT2D eigenvalue weighted by Gasteiger charge is -2.37. The quantitative estimate of drug-likeness (QED) is 0.846. The number of rotatable bonds is 2. The van der Waals surface area contributed by atoms with Crippen LogP contribution in [0.5, 0.6) is 0 Å². The van der Waals surface area contributed by atoms with Gasteiger partial charge >= 0.3 is 0 Å². The SMILES string of the molecule is NC1(CN2CCc3ccccc32)CCCCC1. The maximum absolute atomic E-state index is 6.55. The summed E-state index contributed by atoms with van der Waals surface area (Å²) in [5.74, 6) is 0. The van der Waals surface area contributed by atoms with Gasteiger partial charge in [-0.25, -0.2) is 0 Å². The Labute approximate surface area is 104 Å². The van der Waals surface area contributed by atoms with E-state index in [-0.39, 0.29) is 5.54 Å². The summed E-state index contributed by atoms with van der Waals surface area (Å²) in [6, 6.07) is 8.77. The second kappa shape index (κ2) is 4.34. The molecule has 0 radical (unpaired) electrons. The van der Waals surface area contributed by atoms with Gasteiger partial charge in [-0.3, -0.25) is 0 Å². The highest BCUT2D eigenvalue weighted by molar-refractivity contribution is 5.58. The standard InChI is InChI=1S/C15H22N2/c16-15(9-4-1-5-10-15)12-17-11-8-13-6-2-3-7-14(13)17/h2-3,6-7H,1,4-5,8-12,16H2. The van der Waals surface area contributed by atoms with Crippen LogP contribution < -0.4 is 10.6 Å². The first-order valence-corrected chi connectivity index (χ1v) is 6.89. The molecular weight excluding hydrogens is 208 g/mol. The van der Waals surface area contributed by atoms with Crippen molar-refractivity contribution < 1.29 is 0 Å². The molecule has 0 spiro atoms. The van der Waals surface area contributed by atoms with Crippen LogP contribution in [0, 0.1) is 0 Å². The normalized spacial score (nSPS) is 22.5. The lowest BCUT2D eigenvalue weighted by atomic mass is 9.82. The summed E-state index contributed by atoms with van der Waals surface area (Å²) in [7, 11) is 0. The number of para-hydroxylation sites is 1. The predicted molar refractivity (Wildman–Crippen MR) is 72.4 cm³/mol. The third kappa shape index (κ3) is 2.19. The maximum atomic E-state index is 6.55. The van der Waals surface area contributed by atoms with Gasteiger partial charge < -0.3 is 10.6 Å². The van der Waals surface area contributed by atoms with Crippen LogP contribution in [-0.4, -0.2) is 18.6 Å². The molecule has 1 aliphatic carbocycles. The molecule has 0 atom stereocenters. The van der Waals surface area contributed by atoms with Crippen LogP contribution in [0.25, 0.3) is 0 Å². The Kier molecular flexibility index (Phi) is 2.83. The predicted octanol–water partition coefficient (Wildman–Crippen LogP) is 2.71. The van der Waals surface area contributed by atoms with Crippen LogP contribution in [-0.2, 0) is 6.42 Å². The molecule has 2 N–H and O–H groups in total. The van der Waals surface area contributed by atoms with E-state index in [1.807, 2.05) is 0 Å². The third-order valence-corrected chi connectivity index (χ3v) is 4.34. The Morgan fingerprint density at radius 2 is 1.88 bits per heavy atom. The summed E-state index contributed by atoms with van der Waals surface area (Å²) in [6.45, 7) is 2.20. The van der Waals surface area contributed by atoms with Crippen LogP contribution in [0.15, 0.2) is 24.3 Å². The summed E-state index contributed by atoms with van der Waals surface area (Å²) in [6.07, 6.45) is 7.58. The summed E-state index contributed by atoms with van der Waals surface area (Å²) in [5.41, 5.74) is 9.53. The minimum atomic E-state index is 0.0652. The fourth-order valence-corrected chi connectivity index (χ4v) is 3.36. The second-order valence-corrected chi connectivity index (χ2v) is 5.72. The van der Waals surface area contributed by atoms with Crippen molar-refractivity contribution in [2.45, 2.75) is 44.1 Å². The van der Waals surface area contributed by atoms with Crippen LogP contribution in [0.1, 0.15) is 37.7 Å². The van der Waals surface area contributed by atoms with E-state index < -0.39 is 0 Å². The maximum Gasteiger partial charge on any atom is 0.0400 e. The fraction of sp³-hybridized carbons (Fsp3) is 0.600. The summed E-state index contributed by atoms with van der Waals surface area (Å²) < 4.78 is 0. The topological polar surface area (TPSA) is 29.3 Å². The number of nitrogens with zero attached hydrogens (tertiary/aromatic N) is 1. The number of anilines is 1. The molecule has 2 nitrogen and oxygen atoms in total. The van der Waals surface area contributed by atoms with Crippen molar-refractivity contribution in [3.05, 3.63) is 29.8 Å². The van der Waals surface area contributed by atoms with Gasteiger partial charge in [-0.2, -0.15) is 0 Å². The zero-order chi connectivity index (χ0) is 11.7. The highest BCUT2D eigenvalue weighted by atomic mass is 15.2. The lowest BCUT2D eigenvalue weighted by molar-refractivity contribution is 0.299. The molecule has 0 aromatic heterocycles. The Hall–Kier alpha value is -1.02. The van der Waals surface area contributed by atoms with E-state index in [0.717, 1.165) is 13.1 Å². The molecule has 0 unspecified atom stereocenters. The van der Waals surface area contributed by atoms with Crippen LogP contribution in [0.2, 0.25) is 0 Å². The molecule has 1 aromatic carbocycles. The molecule has 1 saturated carbocycles. The number of nitrogens with two attached hydrogens (primary N) is 1. The Balaban J connectivity index is 1.74. The van der Waals surface area contributed by atoms with Gasteiger partial charge in [0.2, 0.25) is 0 Å². The van der Waals surface area contributed by atoms with E-state index in [1.165, 1.54) is 49.8 Å². The van der Waals surface area contributed by atoms with Gasteiger partial charge in [0.25, 0.3) is 0 Å². The zero-order valence-electron chi connectivity index (χ0n) is 10.5. The minimum Gasteiger partial charge on any atom is -0.369 e. The third-order valence-electron chi connectivity index (χ3n) is 4.34. The minimum absolute atomic E-state index is 0.0652. The Morgan fingerprint density at radius 3 is 2.71 bits per heavy atom. The van der Waals surface area contributed by atoms with Gasteiger partial charge in [-0.15, -0.1) is 0 Å². The van der Waals surface area contributed by atoms with Crippen molar-refractivity contribution in [2.75, 3.05) is 18.0 Å². The first-order chi connectivity index (χ1) is 8.27. The van der Waals surface area contributed by atoms with Gasteiger partial charge in [0.15, 0.2) is 0 Å². The first kappa shape index (κ1) is 11.1. The molecule has 1 heterocycles. The van der Waals surface area contributed by atoms with Crippen LogP contribution in [0.4, 0.5) is 5.69 Å². The highest BCUT2D eigenvalue weighted by Crippen LogP contribution is 2.32. The van der Waals surface area contributed by atoms with Gasteiger partial charge in [-0.1, -0.05) is 37.5 Å². The van der Waals surface area contributed by atoms with Crippen molar-refractivity contribution in [3.8, 4) is 0 Å². The largest absolute Gasteiger partial charge is 0.369 e. The van der Waals surface area contributed by atoms with Gasteiger partial charge in [0.1, 0.15) is 0 Å². The number of benzene rings is 1. The van der Waals surface area contributed by atoms with Gasteiger partial charge in [-0.05, 0) is 30.9 Å². The van der Waals surface area contributed by atoms with Crippen LogP contribution in [0.3, 0.4) is 0 Å². The van der Waals surface area contributed by atoms with Crippen molar-refractivity contribution in [2.24, 2.45) is 5.73 Å². The molecule has 3 rings (SSSR count). The summed E-state index contributed by atoms with van der Waals surface area (Å²) in [5, 5.41) is 0. The molecule has 0 saturated heterocycles. The number of hydrogen-bond donors (Lipinski definition) is 1. The highest BCUT2D eigenvalue weighted by Gasteiger charge is 2.31. The number of fused-ring (bicyclic) bond motifs is 1. The molecule has 0 amide bonds. The van der Waals surface area contributed by atoms with E-state index in [0.29, 0.717) is 0 Å². The van der Waals surface area contributed by atoms with Crippen molar-refractivity contribution in [3.63, 3.8) is 0 Å². The number of hydrogen-bond acceptors (Lipinski definition) is 2. The Bertz CT molecular complexity index is 394. The van der Waals surface area contributed by atoms with E-state index >= 15 is 0 Å². The molecular formula is C15H22N2. The molecule has 92 valence electrons. The van der Waals surface area contributed by atoms with Gasteiger partial charge in [0.05, 0.1) is 0 Å². The molecule has 2 aliphatic rings. The molecule has 1 fully saturated rings. The van der Waals surface area contributed by atoms with E-state index in [9.17, 15) is 0 Å². The van der Waals surface area contributed by atoms with Crippen molar-refractivity contribution >= 4 is 5.69 Å². The average molecular weight is 230 g/mol. The van der Waals surface area contributed by atoms with Crippen molar-refractivity contribution in [1.29, 1.82) is 0 Å². The van der Waals surface area contributed by atoms with E-state index in [4.69, 9.17) is 5.73 Å². The molecule has 1 aliphatic heterocycles. The molecule has 0 bridgehead atoms. The molecule has 17 heavy (non-hydrogen) atoms. The lowest BCUT2D eigenvalue weighted by Crippen LogP contribution is -2.51. The zero-order valence-corrected chi connectivity index (χ0v) is 10.5. The van der Waals surface area contributed by atoms with E-state index in [1.54, 1.807) is 0 Å². The van der Waals surface area contributed by atoms with E-state index in [2.05, 4.69) is 29.2 Å². The van der Waals surface area contributed by atoms with Gasteiger partial charge in [0, 0.05) is 24.3 Å². The average Bonchev–Trinajstić information content (AvgIpc) is 2.73. The second-order valence-electron chi connectivity index (χ2n) is 5.72.